The Balaban J connectivity index is 2.16. The lowest BCUT2D eigenvalue weighted by atomic mass is 10.1. The lowest BCUT2D eigenvalue weighted by Crippen LogP contribution is -2.28. The summed E-state index contributed by atoms with van der Waals surface area (Å²) in [5.41, 5.74) is 1.23. The summed E-state index contributed by atoms with van der Waals surface area (Å²) in [7, 11) is 1.27. The van der Waals surface area contributed by atoms with E-state index in [2.05, 4.69) is 31.0 Å². The summed E-state index contributed by atoms with van der Waals surface area (Å²) in [4.78, 5) is 27.7. The fraction of sp³-hybridized carbons (Fsp3) is 0.188. The van der Waals surface area contributed by atoms with Crippen LogP contribution in [0.4, 0.5) is 0 Å². The van der Waals surface area contributed by atoms with E-state index in [0.717, 1.165) is 10.0 Å². The van der Waals surface area contributed by atoms with Crippen molar-refractivity contribution in [2.75, 3.05) is 7.11 Å². The molecule has 0 aliphatic rings. The number of hydrogen-bond donors (Lipinski definition) is 1. The molecular formula is C16H15BrN2O3. The number of carbonyl (C=O) groups is 2. The van der Waals surface area contributed by atoms with Crippen LogP contribution in [0.3, 0.4) is 0 Å². The average molecular weight is 363 g/mol. The van der Waals surface area contributed by atoms with Gasteiger partial charge in [-0.3, -0.25) is 4.79 Å². The molecule has 1 N–H and O–H groups in total. The number of benzene rings is 1. The van der Waals surface area contributed by atoms with Crippen molar-refractivity contribution in [1.29, 1.82) is 0 Å². The number of esters is 1. The highest BCUT2D eigenvalue weighted by atomic mass is 79.9. The molecule has 1 aromatic heterocycles. The van der Waals surface area contributed by atoms with Crippen LogP contribution in [-0.4, -0.2) is 24.0 Å². The van der Waals surface area contributed by atoms with Crippen molar-refractivity contribution in [1.82, 2.24) is 10.3 Å². The summed E-state index contributed by atoms with van der Waals surface area (Å²) < 4.78 is 5.51. The van der Waals surface area contributed by atoms with Gasteiger partial charge in [0, 0.05) is 4.47 Å². The van der Waals surface area contributed by atoms with Gasteiger partial charge in [0.2, 0.25) is 0 Å². The lowest BCUT2D eigenvalue weighted by Gasteiger charge is -2.15. The molecular weight excluding hydrogens is 348 g/mol. The molecule has 5 nitrogen and oxygen atoms in total. The van der Waals surface area contributed by atoms with Gasteiger partial charge in [-0.2, -0.15) is 0 Å². The van der Waals surface area contributed by atoms with E-state index in [1.165, 1.54) is 13.2 Å². The molecule has 0 radical (unpaired) electrons. The molecule has 0 spiro atoms. The van der Waals surface area contributed by atoms with Crippen LogP contribution in [0.5, 0.6) is 0 Å². The average Bonchev–Trinajstić information content (AvgIpc) is 2.54. The Hall–Kier alpha value is -2.21. The van der Waals surface area contributed by atoms with Crippen LogP contribution in [0.2, 0.25) is 0 Å². The lowest BCUT2D eigenvalue weighted by molar-refractivity contribution is 0.0594. The number of ether oxygens (including phenoxy) is 1. The second-order valence-electron chi connectivity index (χ2n) is 4.62. The van der Waals surface area contributed by atoms with E-state index in [4.69, 9.17) is 0 Å². The summed E-state index contributed by atoms with van der Waals surface area (Å²) in [6.07, 6.45) is 0. The first-order valence-electron chi connectivity index (χ1n) is 6.63. The maximum absolute atomic E-state index is 12.3. The van der Waals surface area contributed by atoms with Crippen LogP contribution < -0.4 is 5.32 Å². The Kier molecular flexibility index (Phi) is 5.27. The van der Waals surface area contributed by atoms with Gasteiger partial charge in [-0.25, -0.2) is 9.78 Å². The van der Waals surface area contributed by atoms with E-state index in [1.54, 1.807) is 12.1 Å². The smallest absolute Gasteiger partial charge is 0.356 e. The predicted molar refractivity (Wildman–Crippen MR) is 85.6 cm³/mol. The van der Waals surface area contributed by atoms with E-state index in [0.29, 0.717) is 0 Å². The van der Waals surface area contributed by atoms with Crippen LogP contribution in [0.25, 0.3) is 0 Å². The van der Waals surface area contributed by atoms with Gasteiger partial charge in [0.1, 0.15) is 11.4 Å². The number of amides is 1. The van der Waals surface area contributed by atoms with Crippen LogP contribution in [0, 0.1) is 0 Å². The van der Waals surface area contributed by atoms with Crippen molar-refractivity contribution in [3.63, 3.8) is 0 Å². The Morgan fingerprint density at radius 2 is 1.82 bits per heavy atom. The van der Waals surface area contributed by atoms with Gasteiger partial charge in [0.15, 0.2) is 0 Å². The van der Waals surface area contributed by atoms with Crippen molar-refractivity contribution >= 4 is 27.8 Å². The van der Waals surface area contributed by atoms with E-state index in [1.807, 2.05) is 31.2 Å². The molecule has 0 aliphatic carbocycles. The summed E-state index contributed by atoms with van der Waals surface area (Å²) in [5, 5.41) is 2.85. The van der Waals surface area contributed by atoms with Crippen LogP contribution in [0.1, 0.15) is 39.5 Å². The number of carbonyl (C=O) groups excluding carboxylic acids is 2. The molecule has 1 amide bonds. The summed E-state index contributed by atoms with van der Waals surface area (Å²) in [5.74, 6) is -0.928. The molecule has 0 unspecified atom stereocenters. The van der Waals surface area contributed by atoms with Gasteiger partial charge in [-0.15, -0.1) is 0 Å². The number of nitrogens with one attached hydrogen (secondary N) is 1. The third kappa shape index (κ3) is 3.71. The van der Waals surface area contributed by atoms with E-state index in [9.17, 15) is 9.59 Å². The fourth-order valence-electron chi connectivity index (χ4n) is 1.95. The predicted octanol–water partition coefficient (Wildman–Crippen LogP) is 3.12. The summed E-state index contributed by atoms with van der Waals surface area (Å²) >= 11 is 3.45. The number of nitrogens with zero attached hydrogens (tertiary/aromatic N) is 1. The number of aromatic nitrogens is 1. The highest BCUT2D eigenvalue weighted by Gasteiger charge is 2.16. The molecule has 0 saturated heterocycles. The minimum Gasteiger partial charge on any atom is -0.464 e. The maximum Gasteiger partial charge on any atom is 0.356 e. The van der Waals surface area contributed by atoms with E-state index < -0.39 is 5.97 Å². The van der Waals surface area contributed by atoms with Gasteiger partial charge in [0.05, 0.1) is 13.2 Å². The van der Waals surface area contributed by atoms with Crippen LogP contribution in [-0.2, 0) is 4.74 Å². The SMILES string of the molecule is COC(=O)c1cccc(C(=O)N[C@@H](C)c2ccccc2Br)n1. The first kappa shape index (κ1) is 16.2. The molecule has 6 heteroatoms. The van der Waals surface area contributed by atoms with Crippen molar-refractivity contribution in [2.24, 2.45) is 0 Å². The number of rotatable bonds is 4. The van der Waals surface area contributed by atoms with E-state index in [-0.39, 0.29) is 23.3 Å². The van der Waals surface area contributed by atoms with E-state index >= 15 is 0 Å². The Morgan fingerprint density at radius 3 is 2.50 bits per heavy atom. The molecule has 1 atom stereocenters. The van der Waals surface area contributed by atoms with Crippen LogP contribution >= 0.6 is 15.9 Å². The molecule has 114 valence electrons. The number of halogens is 1. The standard InChI is InChI=1S/C16H15BrN2O3/c1-10(11-6-3-4-7-12(11)17)18-15(20)13-8-5-9-14(19-13)16(21)22-2/h3-10H,1-2H3,(H,18,20)/t10-/m0/s1. The first-order valence-corrected chi connectivity index (χ1v) is 7.43. The quantitative estimate of drug-likeness (QED) is 0.848. The van der Waals surface area contributed by atoms with Crippen molar-refractivity contribution in [2.45, 2.75) is 13.0 Å². The number of methoxy groups -OCH3 is 1. The molecule has 2 rings (SSSR count). The van der Waals surface area contributed by atoms with Gasteiger partial charge >= 0.3 is 5.97 Å². The van der Waals surface area contributed by atoms with Gasteiger partial charge in [-0.05, 0) is 30.7 Å². The molecule has 22 heavy (non-hydrogen) atoms. The molecule has 0 saturated carbocycles. The second kappa shape index (κ2) is 7.17. The summed E-state index contributed by atoms with van der Waals surface area (Å²) in [6, 6.07) is 12.1. The largest absolute Gasteiger partial charge is 0.464 e. The minimum atomic E-state index is -0.575. The minimum absolute atomic E-state index is 0.101. The Labute approximate surface area is 136 Å². The van der Waals surface area contributed by atoms with Gasteiger partial charge < -0.3 is 10.1 Å². The number of pyridine rings is 1. The third-order valence-corrected chi connectivity index (χ3v) is 3.82. The van der Waals surface area contributed by atoms with Crippen molar-refractivity contribution in [3.8, 4) is 0 Å². The zero-order valence-electron chi connectivity index (χ0n) is 12.2. The molecule has 1 heterocycles. The van der Waals surface area contributed by atoms with Gasteiger partial charge in [0.25, 0.3) is 5.91 Å². The highest BCUT2D eigenvalue weighted by Crippen LogP contribution is 2.22. The molecule has 2 aromatic rings. The van der Waals surface area contributed by atoms with Gasteiger partial charge in [-0.1, -0.05) is 40.2 Å². The fourth-order valence-corrected chi connectivity index (χ4v) is 2.58. The molecule has 0 fully saturated rings. The Bertz CT molecular complexity index is 703. The monoisotopic (exact) mass is 362 g/mol. The van der Waals surface area contributed by atoms with Crippen LogP contribution in [0.15, 0.2) is 46.9 Å². The van der Waals surface area contributed by atoms with Crippen molar-refractivity contribution in [3.05, 3.63) is 63.9 Å². The Morgan fingerprint density at radius 1 is 1.14 bits per heavy atom. The molecule has 0 aliphatic heterocycles. The molecule has 0 bridgehead atoms. The topological polar surface area (TPSA) is 68.3 Å². The molecule has 1 aromatic carbocycles. The third-order valence-electron chi connectivity index (χ3n) is 3.10. The highest BCUT2D eigenvalue weighted by molar-refractivity contribution is 9.10. The van der Waals surface area contributed by atoms with Crippen molar-refractivity contribution < 1.29 is 14.3 Å². The summed E-state index contributed by atoms with van der Waals surface area (Å²) in [6.45, 7) is 1.88. The normalized spacial score (nSPS) is 11.6. The second-order valence-corrected chi connectivity index (χ2v) is 5.47. The number of hydrogen-bond acceptors (Lipinski definition) is 4. The maximum atomic E-state index is 12.3. The first-order chi connectivity index (χ1) is 10.5. The zero-order chi connectivity index (χ0) is 16.1. The zero-order valence-corrected chi connectivity index (χ0v) is 13.8.